The molecule has 0 spiro atoms. The van der Waals surface area contributed by atoms with Crippen molar-refractivity contribution in [1.29, 1.82) is 0 Å². The number of rotatable bonds is 8. The molecule has 8 heteroatoms. The van der Waals surface area contributed by atoms with E-state index in [4.69, 9.17) is 9.90 Å². The molecule has 4 unspecified atom stereocenters. The van der Waals surface area contributed by atoms with E-state index >= 15 is 0 Å². The SMILES string of the molecule is CCCCCC(C)C12CNCC1C2C(=O)N(CC)CC.O=C(O)C(F)(F)F. The number of alkyl halides is 3. The van der Waals surface area contributed by atoms with E-state index in [0.717, 1.165) is 26.2 Å². The van der Waals surface area contributed by atoms with E-state index in [2.05, 4.69) is 33.0 Å². The zero-order chi connectivity index (χ0) is 20.8. The van der Waals surface area contributed by atoms with Crippen LogP contribution in [-0.4, -0.2) is 54.2 Å². The number of hydrogen-bond donors (Lipinski definition) is 2. The van der Waals surface area contributed by atoms with Crippen molar-refractivity contribution < 1.29 is 27.9 Å². The van der Waals surface area contributed by atoms with E-state index in [1.54, 1.807) is 0 Å². The number of amides is 1. The summed E-state index contributed by atoms with van der Waals surface area (Å²) < 4.78 is 31.7. The first kappa shape index (κ1) is 23.7. The van der Waals surface area contributed by atoms with Crippen molar-refractivity contribution >= 4 is 11.9 Å². The summed E-state index contributed by atoms with van der Waals surface area (Å²) >= 11 is 0. The van der Waals surface area contributed by atoms with Crippen LogP contribution in [0, 0.1) is 23.2 Å². The van der Waals surface area contributed by atoms with Crippen molar-refractivity contribution in [2.24, 2.45) is 23.2 Å². The first-order chi connectivity index (χ1) is 12.6. The quantitative estimate of drug-likeness (QED) is 0.618. The number of unbranched alkanes of at least 4 members (excludes halogenated alkanes) is 2. The number of nitrogens with one attached hydrogen (secondary N) is 1. The monoisotopic (exact) mass is 394 g/mol. The molecule has 2 fully saturated rings. The van der Waals surface area contributed by atoms with Crippen LogP contribution in [0.4, 0.5) is 13.2 Å². The molecule has 1 saturated heterocycles. The first-order valence-electron chi connectivity index (χ1n) is 9.87. The van der Waals surface area contributed by atoms with Crippen LogP contribution in [0.1, 0.15) is 53.4 Å². The van der Waals surface area contributed by atoms with Gasteiger partial charge in [-0.05, 0) is 32.2 Å². The number of nitrogens with zero attached hydrogens (tertiary/aromatic N) is 1. The number of fused-ring (bicyclic) bond motifs is 1. The molecule has 0 aromatic rings. The standard InChI is InChI=1S/C17H32N2O.C2HF3O2/c1-5-8-9-10-13(4)17-12-18-11-14(17)15(17)16(20)19(6-2)7-3;3-2(4,5)1(6)7/h13-15,18H,5-12H2,1-4H3;(H,6,7). The zero-order valence-electron chi connectivity index (χ0n) is 16.7. The molecule has 1 heterocycles. The lowest BCUT2D eigenvalue weighted by Crippen LogP contribution is -2.37. The van der Waals surface area contributed by atoms with Crippen LogP contribution in [0.2, 0.25) is 0 Å². The normalized spacial score (nSPS) is 27.2. The molecule has 158 valence electrons. The number of carboxylic acid groups (broad SMARTS) is 1. The molecule has 4 atom stereocenters. The maximum Gasteiger partial charge on any atom is 0.490 e. The second-order valence-corrected chi connectivity index (χ2v) is 7.54. The topological polar surface area (TPSA) is 69.6 Å². The molecule has 0 bridgehead atoms. The smallest absolute Gasteiger partial charge is 0.475 e. The van der Waals surface area contributed by atoms with Gasteiger partial charge >= 0.3 is 12.1 Å². The number of carbonyl (C=O) groups is 2. The van der Waals surface area contributed by atoms with Gasteiger partial charge in [0, 0.05) is 25.0 Å². The molecular weight excluding hydrogens is 361 g/mol. The summed E-state index contributed by atoms with van der Waals surface area (Å²) in [5.41, 5.74) is 0.285. The summed E-state index contributed by atoms with van der Waals surface area (Å²) in [4.78, 5) is 23.6. The minimum Gasteiger partial charge on any atom is -0.475 e. The second-order valence-electron chi connectivity index (χ2n) is 7.54. The molecule has 0 aromatic heterocycles. The third-order valence-corrected chi connectivity index (χ3v) is 6.10. The van der Waals surface area contributed by atoms with Crippen molar-refractivity contribution in [3.05, 3.63) is 0 Å². The third-order valence-electron chi connectivity index (χ3n) is 6.10. The predicted octanol–water partition coefficient (Wildman–Crippen LogP) is 3.54. The van der Waals surface area contributed by atoms with Crippen molar-refractivity contribution in [3.8, 4) is 0 Å². The van der Waals surface area contributed by atoms with Crippen LogP contribution in [0.25, 0.3) is 0 Å². The predicted molar refractivity (Wildman–Crippen MR) is 97.2 cm³/mol. The number of carbonyl (C=O) groups excluding carboxylic acids is 1. The maximum absolute atomic E-state index is 12.7. The van der Waals surface area contributed by atoms with Crippen LogP contribution >= 0.6 is 0 Å². The molecule has 1 aliphatic carbocycles. The molecule has 27 heavy (non-hydrogen) atoms. The Morgan fingerprint density at radius 2 is 1.78 bits per heavy atom. The fourth-order valence-electron chi connectivity index (χ4n) is 4.48. The van der Waals surface area contributed by atoms with Crippen molar-refractivity contribution in [1.82, 2.24) is 10.2 Å². The summed E-state index contributed by atoms with van der Waals surface area (Å²) in [7, 11) is 0. The molecule has 0 radical (unpaired) electrons. The average molecular weight is 394 g/mol. The Morgan fingerprint density at radius 1 is 1.22 bits per heavy atom. The van der Waals surface area contributed by atoms with Gasteiger partial charge in [-0.2, -0.15) is 13.2 Å². The highest BCUT2D eigenvalue weighted by Crippen LogP contribution is 2.66. The minimum atomic E-state index is -5.08. The average Bonchev–Trinajstić information content (AvgIpc) is 3.04. The summed E-state index contributed by atoms with van der Waals surface area (Å²) in [6.45, 7) is 12.6. The van der Waals surface area contributed by atoms with Crippen LogP contribution in [0.3, 0.4) is 0 Å². The maximum atomic E-state index is 12.7. The molecule has 2 rings (SSSR count). The van der Waals surface area contributed by atoms with Gasteiger partial charge in [0.1, 0.15) is 0 Å². The number of aliphatic carboxylic acids is 1. The lowest BCUT2D eigenvalue weighted by molar-refractivity contribution is -0.192. The summed E-state index contributed by atoms with van der Waals surface area (Å²) in [5, 5.41) is 10.6. The molecule has 1 amide bonds. The van der Waals surface area contributed by atoms with Gasteiger partial charge in [0.05, 0.1) is 5.92 Å². The van der Waals surface area contributed by atoms with Gasteiger partial charge in [0.15, 0.2) is 0 Å². The zero-order valence-corrected chi connectivity index (χ0v) is 16.7. The molecule has 1 saturated carbocycles. The van der Waals surface area contributed by atoms with Crippen LogP contribution in [-0.2, 0) is 9.59 Å². The number of hydrogen-bond acceptors (Lipinski definition) is 3. The third kappa shape index (κ3) is 5.36. The van der Waals surface area contributed by atoms with Gasteiger partial charge in [0.25, 0.3) is 0 Å². The molecule has 2 aliphatic rings. The molecule has 2 N–H and O–H groups in total. The Bertz CT molecular complexity index is 509. The number of piperidine rings is 1. The van der Waals surface area contributed by atoms with Crippen LogP contribution < -0.4 is 5.32 Å². The molecule has 5 nitrogen and oxygen atoms in total. The van der Waals surface area contributed by atoms with Gasteiger partial charge in [-0.15, -0.1) is 0 Å². The number of carboxylic acids is 1. The van der Waals surface area contributed by atoms with Gasteiger partial charge in [-0.3, -0.25) is 4.79 Å². The molecule has 1 aliphatic heterocycles. The highest BCUT2D eigenvalue weighted by Gasteiger charge is 2.71. The van der Waals surface area contributed by atoms with Crippen molar-refractivity contribution in [2.45, 2.75) is 59.6 Å². The lowest BCUT2D eigenvalue weighted by atomic mass is 9.83. The van der Waals surface area contributed by atoms with E-state index in [-0.39, 0.29) is 5.41 Å². The van der Waals surface area contributed by atoms with E-state index in [1.165, 1.54) is 25.7 Å². The van der Waals surface area contributed by atoms with Gasteiger partial charge in [0.2, 0.25) is 5.91 Å². The highest BCUT2D eigenvalue weighted by atomic mass is 19.4. The van der Waals surface area contributed by atoms with Crippen LogP contribution in [0.5, 0.6) is 0 Å². The Balaban J connectivity index is 0.000000445. The van der Waals surface area contributed by atoms with Gasteiger partial charge < -0.3 is 15.3 Å². The molecule has 0 aromatic carbocycles. The highest BCUT2D eigenvalue weighted by molar-refractivity contribution is 5.84. The fraction of sp³-hybridized carbons (Fsp3) is 0.895. The van der Waals surface area contributed by atoms with Crippen molar-refractivity contribution in [2.75, 3.05) is 26.2 Å². The Labute approximate surface area is 159 Å². The molecular formula is C19H33F3N2O3. The lowest BCUT2D eigenvalue weighted by Gasteiger charge is -2.26. The Hall–Kier alpha value is -1.31. The second kappa shape index (κ2) is 9.75. The first-order valence-corrected chi connectivity index (χ1v) is 9.87. The minimum absolute atomic E-state index is 0.285. The van der Waals surface area contributed by atoms with E-state index in [1.807, 2.05) is 4.90 Å². The van der Waals surface area contributed by atoms with E-state index < -0.39 is 12.1 Å². The summed E-state index contributed by atoms with van der Waals surface area (Å²) in [6, 6.07) is 0. The Kier molecular flexibility index (Phi) is 8.57. The van der Waals surface area contributed by atoms with Gasteiger partial charge in [-0.25, -0.2) is 4.79 Å². The summed E-state index contributed by atoms with van der Waals surface area (Å²) in [6.07, 6.45) is 0.128. The van der Waals surface area contributed by atoms with Gasteiger partial charge in [-0.1, -0.05) is 39.5 Å². The largest absolute Gasteiger partial charge is 0.490 e. The van der Waals surface area contributed by atoms with E-state index in [0.29, 0.717) is 23.7 Å². The van der Waals surface area contributed by atoms with E-state index in [9.17, 15) is 18.0 Å². The van der Waals surface area contributed by atoms with Crippen molar-refractivity contribution in [3.63, 3.8) is 0 Å². The van der Waals surface area contributed by atoms with Crippen LogP contribution in [0.15, 0.2) is 0 Å². The summed E-state index contributed by atoms with van der Waals surface area (Å²) in [5.74, 6) is -0.748. The fourth-order valence-corrected chi connectivity index (χ4v) is 4.48. The Morgan fingerprint density at radius 3 is 2.22 bits per heavy atom. The number of halogens is 3.